The van der Waals surface area contributed by atoms with Gasteiger partial charge in [-0.1, -0.05) is 13.8 Å². The maximum atomic E-state index is 12.4. The minimum Gasteiger partial charge on any atom is -0.384 e. The van der Waals surface area contributed by atoms with Crippen LogP contribution in [-0.4, -0.2) is 27.0 Å². The Labute approximate surface area is 131 Å². The van der Waals surface area contributed by atoms with E-state index in [1.807, 2.05) is 6.92 Å². The molecular weight excluding hydrogens is 278 g/mol. The van der Waals surface area contributed by atoms with E-state index < -0.39 is 5.60 Å². The van der Waals surface area contributed by atoms with Crippen LogP contribution in [0.15, 0.2) is 6.20 Å². The number of fused-ring (bicyclic) bond motifs is 1. The van der Waals surface area contributed by atoms with Crippen molar-refractivity contribution < 1.29 is 9.90 Å². The summed E-state index contributed by atoms with van der Waals surface area (Å²) in [5, 5.41) is 13.5. The highest BCUT2D eigenvalue weighted by molar-refractivity contribution is 5.92. The van der Waals surface area contributed by atoms with Crippen molar-refractivity contribution in [2.45, 2.75) is 70.4 Å². The molecule has 0 aliphatic heterocycles. The summed E-state index contributed by atoms with van der Waals surface area (Å²) < 4.78 is 0. The highest BCUT2D eigenvalue weighted by Gasteiger charge is 2.40. The van der Waals surface area contributed by atoms with E-state index in [9.17, 15) is 9.90 Å². The fourth-order valence-corrected chi connectivity index (χ4v) is 3.72. The van der Waals surface area contributed by atoms with Crippen LogP contribution in [0, 0.1) is 5.92 Å². The Morgan fingerprint density at radius 1 is 1.32 bits per heavy atom. The molecule has 1 fully saturated rings. The molecule has 0 bridgehead atoms. The number of hydrogen-bond donors (Lipinski definition) is 2. The second-order valence-electron chi connectivity index (χ2n) is 7.30. The smallest absolute Gasteiger partial charge is 0.271 e. The van der Waals surface area contributed by atoms with Crippen molar-refractivity contribution in [3.05, 3.63) is 23.3 Å². The molecule has 1 saturated carbocycles. The number of carbonyl (C=O) groups is 1. The zero-order valence-electron chi connectivity index (χ0n) is 13.6. The molecule has 5 nitrogen and oxygen atoms in total. The molecule has 1 aromatic rings. The van der Waals surface area contributed by atoms with Gasteiger partial charge in [0, 0.05) is 12.0 Å². The van der Waals surface area contributed by atoms with Crippen LogP contribution in [0.25, 0.3) is 0 Å². The van der Waals surface area contributed by atoms with E-state index in [1.54, 1.807) is 6.92 Å². The molecule has 1 amide bonds. The molecule has 5 heteroatoms. The molecule has 2 atom stereocenters. The van der Waals surface area contributed by atoms with E-state index >= 15 is 0 Å². The van der Waals surface area contributed by atoms with Gasteiger partial charge in [-0.25, -0.2) is 4.98 Å². The summed E-state index contributed by atoms with van der Waals surface area (Å²) in [7, 11) is 0. The zero-order valence-corrected chi connectivity index (χ0v) is 13.6. The summed E-state index contributed by atoms with van der Waals surface area (Å²) in [4.78, 5) is 21.2. The van der Waals surface area contributed by atoms with Gasteiger partial charge < -0.3 is 10.4 Å². The normalized spacial score (nSPS) is 34.3. The van der Waals surface area contributed by atoms with Gasteiger partial charge in [0.25, 0.3) is 5.91 Å². The number of nitrogens with zero attached hydrogens (tertiary/aromatic N) is 2. The van der Waals surface area contributed by atoms with Gasteiger partial charge in [-0.2, -0.15) is 0 Å². The van der Waals surface area contributed by atoms with Gasteiger partial charge in [0.1, 0.15) is 11.3 Å². The molecule has 22 heavy (non-hydrogen) atoms. The number of aromatic nitrogens is 2. The van der Waals surface area contributed by atoms with Crippen LogP contribution in [0.3, 0.4) is 0 Å². The molecule has 2 unspecified atom stereocenters. The summed E-state index contributed by atoms with van der Waals surface area (Å²) in [6.07, 6.45) is 6.52. The van der Waals surface area contributed by atoms with E-state index in [0.717, 1.165) is 37.3 Å². The Bertz CT molecular complexity index is 577. The second kappa shape index (κ2) is 5.61. The van der Waals surface area contributed by atoms with Crippen LogP contribution in [0.4, 0.5) is 0 Å². The Morgan fingerprint density at radius 3 is 2.68 bits per heavy atom. The van der Waals surface area contributed by atoms with E-state index in [0.29, 0.717) is 17.8 Å². The zero-order chi connectivity index (χ0) is 15.9. The third-order valence-electron chi connectivity index (χ3n) is 5.07. The third-order valence-corrected chi connectivity index (χ3v) is 5.07. The van der Waals surface area contributed by atoms with Crippen LogP contribution in [0.1, 0.15) is 80.7 Å². The largest absolute Gasteiger partial charge is 0.384 e. The SMILES string of the molecule is CC1CC(C)(O)c2nc(C(=O)N[C@H]3CC[C@H](C)CC3)cnc21. The lowest BCUT2D eigenvalue weighted by Gasteiger charge is -2.26. The van der Waals surface area contributed by atoms with Gasteiger partial charge in [-0.05, 0) is 44.9 Å². The lowest BCUT2D eigenvalue weighted by Crippen LogP contribution is -2.38. The number of hydrogen-bond acceptors (Lipinski definition) is 4. The Morgan fingerprint density at radius 2 is 2.00 bits per heavy atom. The van der Waals surface area contributed by atoms with Crippen molar-refractivity contribution in [1.82, 2.24) is 15.3 Å². The van der Waals surface area contributed by atoms with Crippen molar-refractivity contribution in [2.24, 2.45) is 5.92 Å². The van der Waals surface area contributed by atoms with E-state index in [1.165, 1.54) is 6.20 Å². The molecule has 1 aromatic heterocycles. The van der Waals surface area contributed by atoms with Crippen LogP contribution in [0.2, 0.25) is 0 Å². The quantitative estimate of drug-likeness (QED) is 0.880. The van der Waals surface area contributed by atoms with Crippen LogP contribution in [0.5, 0.6) is 0 Å². The van der Waals surface area contributed by atoms with E-state index in [-0.39, 0.29) is 17.9 Å². The van der Waals surface area contributed by atoms with Crippen LogP contribution in [-0.2, 0) is 5.60 Å². The molecule has 3 rings (SSSR count). The highest BCUT2D eigenvalue weighted by Crippen LogP contribution is 2.41. The monoisotopic (exact) mass is 303 g/mol. The van der Waals surface area contributed by atoms with Gasteiger partial charge >= 0.3 is 0 Å². The highest BCUT2D eigenvalue weighted by atomic mass is 16.3. The Balaban J connectivity index is 1.74. The first-order valence-electron chi connectivity index (χ1n) is 8.27. The first-order valence-corrected chi connectivity index (χ1v) is 8.27. The molecule has 2 aliphatic rings. The fourth-order valence-electron chi connectivity index (χ4n) is 3.72. The van der Waals surface area contributed by atoms with Crippen molar-refractivity contribution in [2.75, 3.05) is 0 Å². The molecule has 0 aromatic carbocycles. The average molecular weight is 303 g/mol. The maximum Gasteiger partial charge on any atom is 0.271 e. The molecule has 1 heterocycles. The van der Waals surface area contributed by atoms with Gasteiger partial charge in [-0.15, -0.1) is 0 Å². The fraction of sp³-hybridized carbons (Fsp3) is 0.706. The van der Waals surface area contributed by atoms with E-state index in [4.69, 9.17) is 0 Å². The Kier molecular flexibility index (Phi) is 3.93. The van der Waals surface area contributed by atoms with E-state index in [2.05, 4.69) is 22.2 Å². The number of nitrogens with one attached hydrogen (secondary N) is 1. The van der Waals surface area contributed by atoms with Crippen molar-refractivity contribution in [1.29, 1.82) is 0 Å². The van der Waals surface area contributed by atoms with Gasteiger partial charge in [-0.3, -0.25) is 9.78 Å². The van der Waals surface area contributed by atoms with Gasteiger partial charge in [0.05, 0.1) is 17.6 Å². The predicted molar refractivity (Wildman–Crippen MR) is 83.5 cm³/mol. The lowest BCUT2D eigenvalue weighted by atomic mass is 9.87. The van der Waals surface area contributed by atoms with Gasteiger partial charge in [0.2, 0.25) is 0 Å². The topological polar surface area (TPSA) is 75.1 Å². The molecule has 0 radical (unpaired) electrons. The summed E-state index contributed by atoms with van der Waals surface area (Å²) >= 11 is 0. The third kappa shape index (κ3) is 2.86. The minimum atomic E-state index is -0.988. The molecule has 2 N–H and O–H groups in total. The van der Waals surface area contributed by atoms with Crippen LogP contribution < -0.4 is 5.32 Å². The Hall–Kier alpha value is -1.49. The molecule has 2 aliphatic carbocycles. The average Bonchev–Trinajstić information content (AvgIpc) is 2.71. The molecule has 120 valence electrons. The summed E-state index contributed by atoms with van der Waals surface area (Å²) in [6, 6.07) is 0.234. The van der Waals surface area contributed by atoms with Crippen molar-refractivity contribution in [3.63, 3.8) is 0 Å². The molecule has 0 spiro atoms. The summed E-state index contributed by atoms with van der Waals surface area (Å²) in [5.41, 5.74) is 0.697. The summed E-state index contributed by atoms with van der Waals surface area (Å²) in [6.45, 7) is 6.03. The standard InChI is InChI=1S/C17H25N3O2/c1-10-4-6-12(7-5-10)19-16(21)13-9-18-14-11(2)8-17(3,22)15(14)20-13/h9-12,22H,4-8H2,1-3H3,(H,19,21)/t10-,11?,12-,17?. The second-order valence-corrected chi connectivity index (χ2v) is 7.30. The summed E-state index contributed by atoms with van der Waals surface area (Å²) in [5.74, 6) is 0.754. The molecule has 0 saturated heterocycles. The number of amides is 1. The minimum absolute atomic E-state index is 0.175. The number of carbonyl (C=O) groups excluding carboxylic acids is 1. The predicted octanol–water partition coefficient (Wildman–Crippen LogP) is 2.50. The lowest BCUT2D eigenvalue weighted by molar-refractivity contribution is 0.0510. The van der Waals surface area contributed by atoms with Crippen molar-refractivity contribution in [3.8, 4) is 0 Å². The van der Waals surface area contributed by atoms with Gasteiger partial charge in [0.15, 0.2) is 0 Å². The number of aliphatic hydroxyl groups is 1. The molecular formula is C17H25N3O2. The van der Waals surface area contributed by atoms with Crippen molar-refractivity contribution >= 4 is 5.91 Å². The number of rotatable bonds is 2. The van der Waals surface area contributed by atoms with Crippen LogP contribution >= 0.6 is 0 Å². The maximum absolute atomic E-state index is 12.4. The first kappa shape index (κ1) is 15.4. The first-order chi connectivity index (χ1) is 10.4.